The summed E-state index contributed by atoms with van der Waals surface area (Å²) in [5, 5.41) is 14.3. The van der Waals surface area contributed by atoms with Crippen LogP contribution in [0, 0.1) is 0 Å². The molecule has 1 atom stereocenters. The number of morpholine rings is 1. The van der Waals surface area contributed by atoms with Crippen molar-refractivity contribution in [1.29, 1.82) is 0 Å². The molecule has 1 aliphatic heterocycles. The number of ether oxygens (including phenoxy) is 1. The fraction of sp³-hybridized carbons (Fsp3) is 0.688. The van der Waals surface area contributed by atoms with E-state index in [1.807, 2.05) is 5.38 Å². The molecule has 2 N–H and O–H groups in total. The van der Waals surface area contributed by atoms with Crippen molar-refractivity contribution in [1.82, 2.24) is 15.2 Å². The monoisotopic (exact) mass is 355 g/mol. The van der Waals surface area contributed by atoms with Gasteiger partial charge < -0.3 is 20.1 Å². The van der Waals surface area contributed by atoms with Gasteiger partial charge in [-0.1, -0.05) is 20.8 Å². The largest absolute Gasteiger partial charge is 0.481 e. The first-order valence-electron chi connectivity index (χ1n) is 8.09. The molecule has 1 aromatic rings. The minimum Gasteiger partial charge on any atom is -0.481 e. The number of hydrogen-bond donors (Lipinski definition) is 2. The van der Waals surface area contributed by atoms with Crippen LogP contribution in [0.4, 0.5) is 4.79 Å². The quantitative estimate of drug-likeness (QED) is 0.791. The van der Waals surface area contributed by atoms with E-state index in [0.29, 0.717) is 32.7 Å². The third-order valence-electron chi connectivity index (χ3n) is 3.76. The summed E-state index contributed by atoms with van der Waals surface area (Å²) in [7, 11) is 0. The van der Waals surface area contributed by atoms with Crippen LogP contribution >= 0.6 is 11.3 Å². The van der Waals surface area contributed by atoms with Crippen LogP contribution in [-0.2, 0) is 14.9 Å². The molecule has 134 valence electrons. The van der Waals surface area contributed by atoms with Crippen molar-refractivity contribution < 1.29 is 19.4 Å². The van der Waals surface area contributed by atoms with Gasteiger partial charge in [0.05, 0.1) is 18.8 Å². The lowest BCUT2D eigenvalue weighted by molar-refractivity contribution is -0.137. The summed E-state index contributed by atoms with van der Waals surface area (Å²) in [5.41, 5.74) is 1.02. The van der Waals surface area contributed by atoms with Crippen LogP contribution < -0.4 is 5.32 Å². The normalized spacial score (nSPS) is 18.5. The third-order valence-corrected chi connectivity index (χ3v) is 4.70. The summed E-state index contributed by atoms with van der Waals surface area (Å²) >= 11 is 1.56. The average Bonchev–Trinajstić information content (AvgIpc) is 3.01. The fourth-order valence-electron chi connectivity index (χ4n) is 2.31. The molecule has 8 heteroatoms. The summed E-state index contributed by atoms with van der Waals surface area (Å²) in [6.07, 6.45) is 0.279. The molecule has 0 bridgehead atoms. The van der Waals surface area contributed by atoms with Gasteiger partial charge in [-0.3, -0.25) is 4.79 Å². The minimum atomic E-state index is -0.853. The Morgan fingerprint density at radius 3 is 2.88 bits per heavy atom. The number of rotatable bonds is 5. The zero-order valence-electron chi connectivity index (χ0n) is 14.4. The van der Waals surface area contributed by atoms with Crippen LogP contribution in [-0.4, -0.2) is 53.2 Å². The van der Waals surface area contributed by atoms with Crippen molar-refractivity contribution in [3.05, 3.63) is 16.1 Å². The second-order valence-electron chi connectivity index (χ2n) is 6.86. The first-order valence-corrected chi connectivity index (χ1v) is 8.97. The van der Waals surface area contributed by atoms with Gasteiger partial charge in [0.25, 0.3) is 0 Å². The first-order chi connectivity index (χ1) is 11.3. The van der Waals surface area contributed by atoms with E-state index in [-0.39, 0.29) is 24.0 Å². The van der Waals surface area contributed by atoms with Gasteiger partial charge in [0.2, 0.25) is 0 Å². The highest BCUT2D eigenvalue weighted by Gasteiger charge is 2.28. The Morgan fingerprint density at radius 2 is 2.25 bits per heavy atom. The highest BCUT2D eigenvalue weighted by molar-refractivity contribution is 7.09. The molecule has 2 rings (SSSR count). The van der Waals surface area contributed by atoms with Crippen molar-refractivity contribution in [3.63, 3.8) is 0 Å². The van der Waals surface area contributed by atoms with E-state index in [9.17, 15) is 9.59 Å². The van der Waals surface area contributed by atoms with E-state index in [4.69, 9.17) is 9.84 Å². The van der Waals surface area contributed by atoms with Crippen molar-refractivity contribution in [3.8, 4) is 0 Å². The smallest absolute Gasteiger partial charge is 0.317 e. The molecule has 7 nitrogen and oxygen atoms in total. The molecule has 0 saturated carbocycles. The highest BCUT2D eigenvalue weighted by atomic mass is 32.1. The summed E-state index contributed by atoms with van der Waals surface area (Å²) in [4.78, 5) is 29.0. The second-order valence-corrected chi connectivity index (χ2v) is 7.75. The number of aliphatic carboxylic acids is 1. The summed E-state index contributed by atoms with van der Waals surface area (Å²) in [6.45, 7) is 8.16. The second kappa shape index (κ2) is 7.94. The summed E-state index contributed by atoms with van der Waals surface area (Å²) < 4.78 is 5.78. The van der Waals surface area contributed by atoms with E-state index in [1.54, 1.807) is 16.2 Å². The molecule has 0 spiro atoms. The Balaban J connectivity index is 1.88. The number of carbonyl (C=O) groups is 2. The Kier molecular flexibility index (Phi) is 6.17. The Labute approximate surface area is 146 Å². The van der Waals surface area contributed by atoms with Crippen molar-refractivity contribution in [2.45, 2.75) is 45.1 Å². The molecule has 0 radical (unpaired) electrons. The number of nitrogens with one attached hydrogen (secondary N) is 1. The molecule has 2 heterocycles. The van der Waals surface area contributed by atoms with Crippen molar-refractivity contribution in [2.24, 2.45) is 0 Å². The molecular formula is C16H25N3O4S. The number of nitrogens with zero attached hydrogens (tertiary/aromatic N) is 2. The van der Waals surface area contributed by atoms with Gasteiger partial charge >= 0.3 is 12.0 Å². The first kappa shape index (κ1) is 18.7. The van der Waals surface area contributed by atoms with Crippen LogP contribution in [0.15, 0.2) is 5.38 Å². The van der Waals surface area contributed by atoms with Crippen molar-refractivity contribution in [2.75, 3.05) is 26.2 Å². The maximum atomic E-state index is 12.2. The third kappa shape index (κ3) is 5.17. The van der Waals surface area contributed by atoms with Gasteiger partial charge in [0, 0.05) is 30.3 Å². The van der Waals surface area contributed by atoms with Crippen LogP contribution in [0.1, 0.15) is 50.4 Å². The van der Waals surface area contributed by atoms with E-state index < -0.39 is 5.97 Å². The number of hydrogen-bond acceptors (Lipinski definition) is 5. The van der Waals surface area contributed by atoms with Crippen LogP contribution in [0.3, 0.4) is 0 Å². The lowest BCUT2D eigenvalue weighted by Crippen LogP contribution is -2.47. The van der Waals surface area contributed by atoms with Crippen LogP contribution in [0.5, 0.6) is 0 Å². The van der Waals surface area contributed by atoms with Crippen LogP contribution in [0.25, 0.3) is 0 Å². The van der Waals surface area contributed by atoms with E-state index >= 15 is 0 Å². The number of aromatic nitrogens is 1. The molecule has 1 unspecified atom stereocenters. The Morgan fingerprint density at radius 1 is 1.50 bits per heavy atom. The molecule has 0 aromatic carbocycles. The standard InChI is InChI=1S/C16H25N3O4S/c1-16(2,3)12-10-24-14(18-12)11-9-19(7-8-23-11)15(22)17-6-4-5-13(20)21/h10-11H,4-9H2,1-3H3,(H,17,22)(H,20,21). The fourth-order valence-corrected chi connectivity index (χ4v) is 3.39. The molecule has 24 heavy (non-hydrogen) atoms. The average molecular weight is 355 g/mol. The topological polar surface area (TPSA) is 91.8 Å². The molecule has 1 saturated heterocycles. The molecule has 1 aliphatic rings. The zero-order chi connectivity index (χ0) is 17.7. The van der Waals surface area contributed by atoms with E-state index in [2.05, 4.69) is 31.1 Å². The molecule has 1 fully saturated rings. The Bertz CT molecular complexity index is 582. The number of thiazole rings is 1. The predicted octanol–water partition coefficient (Wildman–Crippen LogP) is 2.39. The number of carboxylic acid groups (broad SMARTS) is 1. The van der Waals surface area contributed by atoms with Gasteiger partial charge in [-0.05, 0) is 6.42 Å². The summed E-state index contributed by atoms with van der Waals surface area (Å²) in [5.74, 6) is -0.853. The lowest BCUT2D eigenvalue weighted by atomic mass is 9.93. The molecule has 2 amide bonds. The number of urea groups is 1. The van der Waals surface area contributed by atoms with Crippen LogP contribution in [0.2, 0.25) is 0 Å². The van der Waals surface area contributed by atoms with Gasteiger partial charge in [-0.25, -0.2) is 9.78 Å². The molecular weight excluding hydrogens is 330 g/mol. The zero-order valence-corrected chi connectivity index (χ0v) is 15.2. The highest BCUT2D eigenvalue weighted by Crippen LogP contribution is 2.30. The van der Waals surface area contributed by atoms with Gasteiger partial charge in [0.1, 0.15) is 11.1 Å². The number of amides is 2. The number of carbonyl (C=O) groups excluding carboxylic acids is 1. The van der Waals surface area contributed by atoms with E-state index in [1.165, 1.54) is 0 Å². The lowest BCUT2D eigenvalue weighted by Gasteiger charge is -2.32. The summed E-state index contributed by atoms with van der Waals surface area (Å²) in [6, 6.07) is -0.179. The molecule has 1 aromatic heterocycles. The van der Waals surface area contributed by atoms with Crippen molar-refractivity contribution >= 4 is 23.3 Å². The molecule has 0 aliphatic carbocycles. The maximum absolute atomic E-state index is 12.2. The predicted molar refractivity (Wildman–Crippen MR) is 91.3 cm³/mol. The number of carboxylic acids is 1. The van der Waals surface area contributed by atoms with Gasteiger partial charge in [-0.2, -0.15) is 0 Å². The SMILES string of the molecule is CC(C)(C)c1csc(C2CN(C(=O)NCCCC(=O)O)CCO2)n1. The maximum Gasteiger partial charge on any atom is 0.317 e. The minimum absolute atomic E-state index is 0.00931. The Hall–Kier alpha value is -1.67. The van der Waals surface area contributed by atoms with Gasteiger partial charge in [0.15, 0.2) is 0 Å². The van der Waals surface area contributed by atoms with Gasteiger partial charge in [-0.15, -0.1) is 11.3 Å². The van der Waals surface area contributed by atoms with E-state index in [0.717, 1.165) is 10.7 Å².